The molecule has 0 atom stereocenters. The van der Waals surface area contributed by atoms with E-state index in [1.165, 1.54) is 0 Å². The first-order valence-corrected chi connectivity index (χ1v) is 9.71. The van der Waals surface area contributed by atoms with E-state index in [-0.39, 0.29) is 11.9 Å². The van der Waals surface area contributed by atoms with Crippen molar-refractivity contribution >= 4 is 28.3 Å². The van der Waals surface area contributed by atoms with E-state index in [0.29, 0.717) is 24.3 Å². The Kier molecular flexibility index (Phi) is 6.79. The van der Waals surface area contributed by atoms with Crippen molar-refractivity contribution < 1.29 is 14.3 Å². The van der Waals surface area contributed by atoms with Crippen molar-refractivity contribution in [3.05, 3.63) is 77.9 Å². The van der Waals surface area contributed by atoms with E-state index in [0.717, 1.165) is 35.6 Å². The van der Waals surface area contributed by atoms with E-state index in [1.807, 2.05) is 42.5 Å². The number of unbranched alkanes of at least 4 members (excludes halogenated alkanes) is 2. The van der Waals surface area contributed by atoms with Crippen LogP contribution in [0.4, 0.5) is 5.69 Å². The SMILES string of the molecule is CCCCCOC(=O)c1ccc(NC(=O)Cc2cccc3ccccc23)cc1. The molecule has 0 aliphatic heterocycles. The van der Waals surface area contributed by atoms with Crippen molar-refractivity contribution in [1.82, 2.24) is 0 Å². The molecule has 144 valence electrons. The van der Waals surface area contributed by atoms with Gasteiger partial charge in [0.05, 0.1) is 18.6 Å². The summed E-state index contributed by atoms with van der Waals surface area (Å²) >= 11 is 0. The molecule has 4 nitrogen and oxygen atoms in total. The minimum atomic E-state index is -0.329. The number of esters is 1. The fraction of sp³-hybridized carbons (Fsp3) is 0.250. The molecule has 0 saturated heterocycles. The van der Waals surface area contributed by atoms with Gasteiger partial charge in [-0.25, -0.2) is 4.79 Å². The zero-order valence-electron chi connectivity index (χ0n) is 16.1. The Labute approximate surface area is 165 Å². The van der Waals surface area contributed by atoms with Gasteiger partial charge >= 0.3 is 5.97 Å². The number of hydrogen-bond donors (Lipinski definition) is 1. The van der Waals surface area contributed by atoms with Crippen LogP contribution in [0, 0.1) is 0 Å². The Morgan fingerprint density at radius 2 is 1.64 bits per heavy atom. The van der Waals surface area contributed by atoms with Gasteiger partial charge in [0.2, 0.25) is 5.91 Å². The standard InChI is InChI=1S/C24H25NO3/c1-2-3-6-16-28-24(27)19-12-14-21(15-13-19)25-23(26)17-20-10-7-9-18-8-4-5-11-22(18)20/h4-5,7-15H,2-3,6,16-17H2,1H3,(H,25,26). The molecule has 0 aliphatic carbocycles. The molecule has 0 aliphatic rings. The second kappa shape index (κ2) is 9.70. The summed E-state index contributed by atoms with van der Waals surface area (Å²) in [7, 11) is 0. The largest absolute Gasteiger partial charge is 0.462 e. The molecule has 0 bridgehead atoms. The summed E-state index contributed by atoms with van der Waals surface area (Å²) in [6.45, 7) is 2.55. The van der Waals surface area contributed by atoms with Crippen LogP contribution in [-0.4, -0.2) is 18.5 Å². The van der Waals surface area contributed by atoms with E-state index in [4.69, 9.17) is 4.74 Å². The lowest BCUT2D eigenvalue weighted by Crippen LogP contribution is -2.14. The predicted octanol–water partition coefficient (Wildman–Crippen LogP) is 5.37. The lowest BCUT2D eigenvalue weighted by molar-refractivity contribution is -0.115. The van der Waals surface area contributed by atoms with Gasteiger partial charge in [-0.3, -0.25) is 4.79 Å². The Hall–Kier alpha value is -3.14. The molecule has 0 unspecified atom stereocenters. The van der Waals surface area contributed by atoms with Crippen molar-refractivity contribution in [1.29, 1.82) is 0 Å². The number of fused-ring (bicyclic) bond motifs is 1. The number of carbonyl (C=O) groups excluding carboxylic acids is 2. The molecule has 0 fully saturated rings. The van der Waals surface area contributed by atoms with Gasteiger partial charge in [-0.05, 0) is 47.0 Å². The van der Waals surface area contributed by atoms with Gasteiger partial charge in [-0.15, -0.1) is 0 Å². The van der Waals surface area contributed by atoms with Gasteiger partial charge in [-0.1, -0.05) is 62.2 Å². The average molecular weight is 375 g/mol. The molecule has 3 aromatic carbocycles. The van der Waals surface area contributed by atoms with Crippen molar-refractivity contribution in [3.8, 4) is 0 Å². The Morgan fingerprint density at radius 1 is 0.893 bits per heavy atom. The Morgan fingerprint density at radius 3 is 2.43 bits per heavy atom. The van der Waals surface area contributed by atoms with Crippen LogP contribution in [0.1, 0.15) is 42.1 Å². The first-order valence-electron chi connectivity index (χ1n) is 9.71. The third-order valence-corrected chi connectivity index (χ3v) is 4.62. The summed E-state index contributed by atoms with van der Waals surface area (Å²) in [5.41, 5.74) is 2.14. The topological polar surface area (TPSA) is 55.4 Å². The molecule has 4 heteroatoms. The summed E-state index contributed by atoms with van der Waals surface area (Å²) in [6, 6.07) is 20.8. The number of anilines is 1. The molecule has 28 heavy (non-hydrogen) atoms. The molecule has 3 aromatic rings. The summed E-state index contributed by atoms with van der Waals surface area (Å²) < 4.78 is 5.24. The van der Waals surface area contributed by atoms with Gasteiger partial charge in [0, 0.05) is 5.69 Å². The zero-order valence-corrected chi connectivity index (χ0v) is 16.1. The molecular weight excluding hydrogens is 350 g/mol. The van der Waals surface area contributed by atoms with E-state index >= 15 is 0 Å². The summed E-state index contributed by atoms with van der Waals surface area (Å²) in [6.07, 6.45) is 3.31. The van der Waals surface area contributed by atoms with Crippen LogP contribution in [0.15, 0.2) is 66.7 Å². The van der Waals surface area contributed by atoms with Crippen molar-refractivity contribution in [3.63, 3.8) is 0 Å². The smallest absolute Gasteiger partial charge is 0.338 e. The highest BCUT2D eigenvalue weighted by Crippen LogP contribution is 2.19. The monoisotopic (exact) mass is 375 g/mol. The van der Waals surface area contributed by atoms with Crippen LogP contribution in [0.2, 0.25) is 0 Å². The van der Waals surface area contributed by atoms with Gasteiger partial charge in [0.15, 0.2) is 0 Å². The van der Waals surface area contributed by atoms with Crippen LogP contribution < -0.4 is 5.32 Å². The maximum atomic E-state index is 12.4. The van der Waals surface area contributed by atoms with Crippen LogP contribution in [0.3, 0.4) is 0 Å². The van der Waals surface area contributed by atoms with E-state index in [1.54, 1.807) is 24.3 Å². The van der Waals surface area contributed by atoms with Gasteiger partial charge in [0.1, 0.15) is 0 Å². The van der Waals surface area contributed by atoms with Crippen molar-refractivity contribution in [2.24, 2.45) is 0 Å². The maximum Gasteiger partial charge on any atom is 0.338 e. The highest BCUT2D eigenvalue weighted by atomic mass is 16.5. The molecule has 0 spiro atoms. The van der Waals surface area contributed by atoms with Crippen LogP contribution >= 0.6 is 0 Å². The minimum Gasteiger partial charge on any atom is -0.462 e. The normalized spacial score (nSPS) is 10.6. The third kappa shape index (κ3) is 5.19. The summed E-state index contributed by atoms with van der Waals surface area (Å²) in [5.74, 6) is -0.420. The second-order valence-electron chi connectivity index (χ2n) is 6.78. The molecule has 0 radical (unpaired) electrons. The van der Waals surface area contributed by atoms with Crippen LogP contribution in [0.25, 0.3) is 10.8 Å². The van der Waals surface area contributed by atoms with E-state index in [2.05, 4.69) is 12.2 Å². The average Bonchev–Trinajstić information content (AvgIpc) is 2.72. The number of amides is 1. The van der Waals surface area contributed by atoms with Crippen LogP contribution in [0.5, 0.6) is 0 Å². The van der Waals surface area contributed by atoms with E-state index < -0.39 is 0 Å². The van der Waals surface area contributed by atoms with Crippen molar-refractivity contribution in [2.75, 3.05) is 11.9 Å². The number of benzene rings is 3. The first kappa shape index (κ1) is 19.6. The molecule has 3 rings (SSSR count). The van der Waals surface area contributed by atoms with Gasteiger partial charge in [0.25, 0.3) is 0 Å². The van der Waals surface area contributed by atoms with E-state index in [9.17, 15) is 9.59 Å². The van der Waals surface area contributed by atoms with Gasteiger partial charge in [-0.2, -0.15) is 0 Å². The number of nitrogens with one attached hydrogen (secondary N) is 1. The third-order valence-electron chi connectivity index (χ3n) is 4.62. The Balaban J connectivity index is 1.58. The number of ether oxygens (including phenoxy) is 1. The lowest BCUT2D eigenvalue weighted by atomic mass is 10.0. The maximum absolute atomic E-state index is 12.4. The van der Waals surface area contributed by atoms with Crippen LogP contribution in [-0.2, 0) is 16.0 Å². The molecule has 0 aromatic heterocycles. The fourth-order valence-electron chi connectivity index (χ4n) is 3.11. The molecule has 1 N–H and O–H groups in total. The fourth-order valence-corrected chi connectivity index (χ4v) is 3.11. The quantitative estimate of drug-likeness (QED) is 0.425. The predicted molar refractivity (Wildman–Crippen MR) is 113 cm³/mol. The molecular formula is C24H25NO3. The first-order chi connectivity index (χ1) is 13.7. The number of rotatable bonds is 8. The molecule has 0 saturated carbocycles. The number of carbonyl (C=O) groups is 2. The zero-order chi connectivity index (χ0) is 19.8. The number of hydrogen-bond acceptors (Lipinski definition) is 3. The van der Waals surface area contributed by atoms with Crippen molar-refractivity contribution in [2.45, 2.75) is 32.6 Å². The summed E-state index contributed by atoms with van der Waals surface area (Å²) in [5, 5.41) is 5.09. The highest BCUT2D eigenvalue weighted by molar-refractivity contribution is 5.96. The second-order valence-corrected chi connectivity index (χ2v) is 6.78. The minimum absolute atomic E-state index is 0.0914. The molecule has 1 amide bonds. The molecule has 0 heterocycles. The summed E-state index contributed by atoms with van der Waals surface area (Å²) in [4.78, 5) is 24.4. The Bertz CT molecular complexity index is 942. The van der Waals surface area contributed by atoms with Gasteiger partial charge < -0.3 is 10.1 Å². The lowest BCUT2D eigenvalue weighted by Gasteiger charge is -2.09. The highest BCUT2D eigenvalue weighted by Gasteiger charge is 2.09.